The zero-order chi connectivity index (χ0) is 6.04. The molecule has 0 spiro atoms. The van der Waals surface area contributed by atoms with Crippen LogP contribution in [0.2, 0.25) is 18.6 Å². The van der Waals surface area contributed by atoms with Gasteiger partial charge in [0.15, 0.2) is 0 Å². The highest BCUT2D eigenvalue weighted by atomic mass is 28.3. The lowest BCUT2D eigenvalue weighted by molar-refractivity contribution is 0.935. The molecule has 1 fully saturated rings. The first-order valence-corrected chi connectivity index (χ1v) is 6.40. The molecule has 1 saturated heterocycles. The van der Waals surface area contributed by atoms with E-state index in [-0.39, 0.29) is 0 Å². The molecule has 0 aliphatic carbocycles. The summed E-state index contributed by atoms with van der Waals surface area (Å²) in [5.74, 6) is 0. The molecule has 0 N–H and O–H groups in total. The number of hydrogen-bond acceptors (Lipinski definition) is 0. The Morgan fingerprint density at radius 1 is 1.38 bits per heavy atom. The minimum absolute atomic E-state index is 0.796. The van der Waals surface area contributed by atoms with Crippen LogP contribution in [0, 0.1) is 0 Å². The van der Waals surface area contributed by atoms with Gasteiger partial charge in [0.2, 0.25) is 0 Å². The maximum atomic E-state index is 3.88. The predicted octanol–water partition coefficient (Wildman–Crippen LogP) is 2.58. The van der Waals surface area contributed by atoms with Crippen molar-refractivity contribution in [2.24, 2.45) is 0 Å². The van der Waals surface area contributed by atoms with Crippen LogP contribution in [0.15, 0.2) is 12.3 Å². The van der Waals surface area contributed by atoms with Gasteiger partial charge in [-0.25, -0.2) is 0 Å². The molecule has 0 aromatic carbocycles. The van der Waals surface area contributed by atoms with Gasteiger partial charge in [0.25, 0.3) is 0 Å². The van der Waals surface area contributed by atoms with E-state index in [9.17, 15) is 0 Å². The molecule has 46 valence electrons. The summed E-state index contributed by atoms with van der Waals surface area (Å²) in [5.41, 5.74) is 2.25. The van der Waals surface area contributed by atoms with Crippen LogP contribution >= 0.6 is 0 Å². The molecular weight excluding hydrogens is 112 g/mol. The fourth-order valence-electron chi connectivity index (χ4n) is 1.39. The Kier molecular flexibility index (Phi) is 1.56. The molecule has 0 aromatic heterocycles. The molecule has 0 nitrogen and oxygen atoms in total. The van der Waals surface area contributed by atoms with E-state index < -0.39 is 8.07 Å². The smallest absolute Gasteiger partial charge is 0.0740 e. The fraction of sp³-hybridized carbons (Fsp3) is 0.714. The number of rotatable bonds is 1. The van der Waals surface area contributed by atoms with Crippen LogP contribution < -0.4 is 0 Å². The highest BCUT2D eigenvalue weighted by molar-refractivity contribution is 6.83. The maximum absolute atomic E-state index is 3.88. The SMILES string of the molecule is C=C[Si]1(C)CCCC1. The third-order valence-electron chi connectivity index (χ3n) is 2.24. The molecule has 0 aromatic rings. The largest absolute Gasteiger partial charge is 0.107 e. The Morgan fingerprint density at radius 2 is 1.88 bits per heavy atom. The highest BCUT2D eigenvalue weighted by Crippen LogP contribution is 2.29. The van der Waals surface area contributed by atoms with Crippen molar-refractivity contribution in [1.29, 1.82) is 0 Å². The summed E-state index contributed by atoms with van der Waals surface area (Å²) >= 11 is 0. The Labute approximate surface area is 52.6 Å². The summed E-state index contributed by atoms with van der Waals surface area (Å²) in [5, 5.41) is 0. The summed E-state index contributed by atoms with van der Waals surface area (Å²) in [7, 11) is -0.796. The minimum Gasteiger partial charge on any atom is -0.107 e. The van der Waals surface area contributed by atoms with Crippen molar-refractivity contribution in [3.05, 3.63) is 12.3 Å². The van der Waals surface area contributed by atoms with Crippen molar-refractivity contribution >= 4 is 8.07 Å². The molecule has 0 bridgehead atoms. The van der Waals surface area contributed by atoms with Crippen LogP contribution in [0.5, 0.6) is 0 Å². The lowest BCUT2D eigenvalue weighted by Crippen LogP contribution is -2.20. The van der Waals surface area contributed by atoms with Gasteiger partial charge in [0.05, 0.1) is 8.07 Å². The summed E-state index contributed by atoms with van der Waals surface area (Å²) in [6.07, 6.45) is 2.93. The molecule has 0 unspecified atom stereocenters. The maximum Gasteiger partial charge on any atom is 0.0740 e. The van der Waals surface area contributed by atoms with Gasteiger partial charge in [0, 0.05) is 0 Å². The second-order valence-electron chi connectivity index (χ2n) is 3.07. The summed E-state index contributed by atoms with van der Waals surface area (Å²) in [6.45, 7) is 6.31. The van der Waals surface area contributed by atoms with Gasteiger partial charge in [-0.3, -0.25) is 0 Å². The molecule has 1 heteroatoms. The van der Waals surface area contributed by atoms with Crippen molar-refractivity contribution in [2.75, 3.05) is 0 Å². The van der Waals surface area contributed by atoms with Gasteiger partial charge in [-0.1, -0.05) is 31.5 Å². The molecular formula is C7H14Si. The molecule has 1 rings (SSSR count). The highest BCUT2D eigenvalue weighted by Gasteiger charge is 2.26. The van der Waals surface area contributed by atoms with Crippen LogP contribution in [-0.2, 0) is 0 Å². The monoisotopic (exact) mass is 126 g/mol. The van der Waals surface area contributed by atoms with Crippen molar-refractivity contribution < 1.29 is 0 Å². The third kappa shape index (κ3) is 1.02. The third-order valence-corrected chi connectivity index (χ3v) is 6.22. The van der Waals surface area contributed by atoms with Crippen molar-refractivity contribution in [3.63, 3.8) is 0 Å². The Bertz CT molecular complexity index is 90.6. The van der Waals surface area contributed by atoms with E-state index in [2.05, 4.69) is 18.8 Å². The Hall–Kier alpha value is -0.0431. The van der Waals surface area contributed by atoms with E-state index in [4.69, 9.17) is 0 Å². The minimum atomic E-state index is -0.796. The Morgan fingerprint density at radius 3 is 2.12 bits per heavy atom. The van der Waals surface area contributed by atoms with Crippen LogP contribution in [0.3, 0.4) is 0 Å². The summed E-state index contributed by atoms with van der Waals surface area (Å²) < 4.78 is 0. The van der Waals surface area contributed by atoms with Gasteiger partial charge in [-0.2, -0.15) is 0 Å². The lowest BCUT2D eigenvalue weighted by Gasteiger charge is -2.12. The zero-order valence-electron chi connectivity index (χ0n) is 5.61. The first-order valence-electron chi connectivity index (χ1n) is 3.40. The molecule has 1 heterocycles. The average Bonchev–Trinajstić information content (AvgIpc) is 2.17. The predicted molar refractivity (Wildman–Crippen MR) is 40.7 cm³/mol. The first kappa shape index (κ1) is 6.08. The lowest BCUT2D eigenvalue weighted by atomic mass is 10.4. The second-order valence-corrected chi connectivity index (χ2v) is 7.78. The molecule has 8 heavy (non-hydrogen) atoms. The first-order chi connectivity index (χ1) is 3.77. The van der Waals surface area contributed by atoms with E-state index >= 15 is 0 Å². The Balaban J connectivity index is 2.52. The second kappa shape index (κ2) is 2.06. The van der Waals surface area contributed by atoms with Crippen molar-refractivity contribution in [2.45, 2.75) is 31.5 Å². The summed E-state index contributed by atoms with van der Waals surface area (Å²) in [4.78, 5) is 0. The van der Waals surface area contributed by atoms with Crippen molar-refractivity contribution in [3.8, 4) is 0 Å². The van der Waals surface area contributed by atoms with Gasteiger partial charge in [-0.05, 0) is 0 Å². The van der Waals surface area contributed by atoms with E-state index in [1.54, 1.807) is 0 Å². The van der Waals surface area contributed by atoms with Gasteiger partial charge in [-0.15, -0.1) is 12.3 Å². The fourth-order valence-corrected chi connectivity index (χ4v) is 4.16. The summed E-state index contributed by atoms with van der Waals surface area (Å²) in [6, 6.07) is 2.99. The van der Waals surface area contributed by atoms with Crippen LogP contribution in [-0.4, -0.2) is 8.07 Å². The van der Waals surface area contributed by atoms with E-state index in [0.29, 0.717) is 0 Å². The van der Waals surface area contributed by atoms with Crippen LogP contribution in [0.25, 0.3) is 0 Å². The van der Waals surface area contributed by atoms with Gasteiger partial charge < -0.3 is 0 Å². The normalized spacial score (nSPS) is 25.6. The van der Waals surface area contributed by atoms with Gasteiger partial charge >= 0.3 is 0 Å². The molecule has 1 aliphatic heterocycles. The molecule has 0 amide bonds. The molecule has 0 radical (unpaired) electrons. The molecule has 0 atom stereocenters. The van der Waals surface area contributed by atoms with Gasteiger partial charge in [0.1, 0.15) is 0 Å². The van der Waals surface area contributed by atoms with E-state index in [1.807, 2.05) is 0 Å². The van der Waals surface area contributed by atoms with Crippen LogP contribution in [0.4, 0.5) is 0 Å². The van der Waals surface area contributed by atoms with E-state index in [0.717, 1.165) is 0 Å². The van der Waals surface area contributed by atoms with Crippen LogP contribution in [0.1, 0.15) is 12.8 Å². The van der Waals surface area contributed by atoms with E-state index in [1.165, 1.54) is 24.9 Å². The standard InChI is InChI=1S/C7H14Si/c1-3-8(2)6-4-5-7-8/h3H,1,4-7H2,2H3. The molecule has 1 aliphatic rings. The van der Waals surface area contributed by atoms with Crippen molar-refractivity contribution in [1.82, 2.24) is 0 Å². The quantitative estimate of drug-likeness (QED) is 0.474. The number of hydrogen-bond donors (Lipinski definition) is 0. The average molecular weight is 126 g/mol. The zero-order valence-corrected chi connectivity index (χ0v) is 6.61. The topological polar surface area (TPSA) is 0 Å². The molecule has 0 saturated carbocycles.